The van der Waals surface area contributed by atoms with Crippen molar-refractivity contribution < 1.29 is 23.5 Å². The van der Waals surface area contributed by atoms with Gasteiger partial charge in [0.2, 0.25) is 0 Å². The number of nitrogens with zero attached hydrogens (tertiary/aromatic N) is 2. The minimum Gasteiger partial charge on any atom is -0.493 e. The number of ether oxygens (including phenoxy) is 3. The number of benzene rings is 1. The number of hydrogen-bond acceptors (Lipinski definition) is 7. The van der Waals surface area contributed by atoms with Crippen LogP contribution in [0, 0.1) is 6.92 Å². The number of esters is 1. The van der Waals surface area contributed by atoms with Crippen molar-refractivity contribution in [2.24, 2.45) is 0 Å². The monoisotopic (exact) mass is 278 g/mol. The highest BCUT2D eigenvalue weighted by molar-refractivity contribution is 5.93. The molecule has 0 unspecified atom stereocenters. The summed E-state index contributed by atoms with van der Waals surface area (Å²) >= 11 is 0. The highest BCUT2D eigenvalue weighted by Crippen LogP contribution is 2.31. The third-order valence-electron chi connectivity index (χ3n) is 2.52. The van der Waals surface area contributed by atoms with Gasteiger partial charge in [0, 0.05) is 0 Å². The van der Waals surface area contributed by atoms with E-state index in [2.05, 4.69) is 10.1 Å². The van der Waals surface area contributed by atoms with Crippen molar-refractivity contribution in [2.45, 2.75) is 13.5 Å². The van der Waals surface area contributed by atoms with Crippen LogP contribution in [0.1, 0.15) is 22.1 Å². The number of aromatic nitrogens is 2. The second-order valence-corrected chi connectivity index (χ2v) is 3.85. The van der Waals surface area contributed by atoms with Crippen molar-refractivity contribution in [2.75, 3.05) is 14.2 Å². The average molecular weight is 278 g/mol. The highest BCUT2D eigenvalue weighted by atomic mass is 16.6. The molecule has 0 atom stereocenters. The van der Waals surface area contributed by atoms with Crippen LogP contribution in [0.5, 0.6) is 11.5 Å². The largest absolute Gasteiger partial charge is 0.493 e. The molecule has 7 heteroatoms. The molecular formula is C13H14N2O5. The second kappa shape index (κ2) is 6.05. The molecule has 0 saturated carbocycles. The molecule has 0 bridgehead atoms. The van der Waals surface area contributed by atoms with Gasteiger partial charge in [-0.3, -0.25) is 0 Å². The first-order chi connectivity index (χ1) is 9.65. The Balaban J connectivity index is 2.12. The molecule has 0 radical (unpaired) electrons. The van der Waals surface area contributed by atoms with Crippen LogP contribution in [0.4, 0.5) is 0 Å². The van der Waals surface area contributed by atoms with E-state index >= 15 is 0 Å². The Morgan fingerprint density at radius 2 is 2.10 bits per heavy atom. The molecule has 1 heterocycles. The van der Waals surface area contributed by atoms with Gasteiger partial charge in [-0.2, -0.15) is 4.98 Å². The van der Waals surface area contributed by atoms with Crippen LogP contribution in [-0.2, 0) is 11.3 Å². The van der Waals surface area contributed by atoms with Crippen molar-refractivity contribution in [3.63, 3.8) is 0 Å². The normalized spacial score (nSPS) is 10.2. The van der Waals surface area contributed by atoms with Crippen molar-refractivity contribution >= 4 is 5.97 Å². The minimum atomic E-state index is -0.559. The number of carbonyl (C=O) groups excluding carboxylic acids is 1. The van der Waals surface area contributed by atoms with E-state index in [0.29, 0.717) is 17.3 Å². The van der Waals surface area contributed by atoms with Gasteiger partial charge in [-0.25, -0.2) is 4.79 Å². The number of rotatable bonds is 5. The Morgan fingerprint density at radius 3 is 2.70 bits per heavy atom. The summed E-state index contributed by atoms with van der Waals surface area (Å²) in [5.41, 5.74) is 0.267. The third-order valence-corrected chi connectivity index (χ3v) is 2.52. The van der Waals surface area contributed by atoms with Gasteiger partial charge < -0.3 is 18.7 Å². The molecule has 0 fully saturated rings. The fourth-order valence-corrected chi connectivity index (χ4v) is 1.65. The molecule has 0 aliphatic carbocycles. The zero-order chi connectivity index (χ0) is 14.5. The summed E-state index contributed by atoms with van der Waals surface area (Å²) in [5.74, 6) is 0.932. The van der Waals surface area contributed by atoms with Crippen LogP contribution in [0.3, 0.4) is 0 Å². The number of carbonyl (C=O) groups is 1. The summed E-state index contributed by atoms with van der Waals surface area (Å²) in [5, 5.41) is 3.61. The van der Waals surface area contributed by atoms with Gasteiger partial charge in [0.15, 0.2) is 23.9 Å². The van der Waals surface area contributed by atoms with Gasteiger partial charge in [0.25, 0.3) is 5.89 Å². The number of methoxy groups -OCH3 is 2. The highest BCUT2D eigenvalue weighted by Gasteiger charge is 2.18. The predicted molar refractivity (Wildman–Crippen MR) is 67.7 cm³/mol. The van der Waals surface area contributed by atoms with Gasteiger partial charge in [0.05, 0.1) is 14.2 Å². The summed E-state index contributed by atoms with van der Waals surface area (Å²) in [6.45, 7) is 1.58. The lowest BCUT2D eigenvalue weighted by molar-refractivity contribution is 0.0425. The summed E-state index contributed by atoms with van der Waals surface area (Å²) in [6.07, 6.45) is 0. The van der Waals surface area contributed by atoms with E-state index in [9.17, 15) is 4.79 Å². The average Bonchev–Trinajstić information content (AvgIpc) is 2.89. The van der Waals surface area contributed by atoms with Gasteiger partial charge in [0.1, 0.15) is 5.56 Å². The van der Waals surface area contributed by atoms with Crippen molar-refractivity contribution in [3.8, 4) is 11.5 Å². The van der Waals surface area contributed by atoms with Crippen molar-refractivity contribution in [1.29, 1.82) is 0 Å². The second-order valence-electron chi connectivity index (χ2n) is 3.85. The molecule has 2 rings (SSSR count). The van der Waals surface area contributed by atoms with E-state index in [-0.39, 0.29) is 18.1 Å². The first-order valence-electron chi connectivity index (χ1n) is 5.83. The SMILES string of the molecule is COc1cccc(C(=O)OCc2nc(C)no2)c1OC. The summed E-state index contributed by atoms with van der Waals surface area (Å²) in [6, 6.07) is 4.95. The molecule has 20 heavy (non-hydrogen) atoms. The van der Waals surface area contributed by atoms with Crippen LogP contribution in [0.15, 0.2) is 22.7 Å². The fraction of sp³-hybridized carbons (Fsp3) is 0.308. The summed E-state index contributed by atoms with van der Waals surface area (Å²) in [7, 11) is 2.95. The van der Waals surface area contributed by atoms with Gasteiger partial charge in [-0.1, -0.05) is 11.2 Å². The zero-order valence-electron chi connectivity index (χ0n) is 11.4. The standard InChI is InChI=1S/C13H14N2O5/c1-8-14-11(20-15-8)7-19-13(16)9-5-4-6-10(17-2)12(9)18-3/h4-6H,7H2,1-3H3. The third kappa shape index (κ3) is 2.87. The number of hydrogen-bond donors (Lipinski definition) is 0. The first-order valence-corrected chi connectivity index (χ1v) is 5.83. The fourth-order valence-electron chi connectivity index (χ4n) is 1.65. The van der Waals surface area contributed by atoms with E-state index in [1.165, 1.54) is 14.2 Å². The van der Waals surface area contributed by atoms with E-state index in [1.807, 2.05) is 0 Å². The lowest BCUT2D eigenvalue weighted by Crippen LogP contribution is -2.08. The van der Waals surface area contributed by atoms with E-state index in [1.54, 1.807) is 25.1 Å². The van der Waals surface area contributed by atoms with E-state index in [0.717, 1.165) is 0 Å². The Hall–Kier alpha value is -2.57. The van der Waals surface area contributed by atoms with Gasteiger partial charge in [-0.15, -0.1) is 0 Å². The molecule has 0 aliphatic rings. The summed E-state index contributed by atoms with van der Waals surface area (Å²) in [4.78, 5) is 16.0. The van der Waals surface area contributed by atoms with Crippen LogP contribution in [0.25, 0.3) is 0 Å². The van der Waals surface area contributed by atoms with Crippen molar-refractivity contribution in [3.05, 3.63) is 35.5 Å². The van der Waals surface area contributed by atoms with E-state index < -0.39 is 5.97 Å². The maximum atomic E-state index is 12.0. The Labute approximate surface area is 115 Å². The molecular weight excluding hydrogens is 264 g/mol. The summed E-state index contributed by atoms with van der Waals surface area (Å²) < 4.78 is 20.2. The molecule has 0 aliphatic heterocycles. The molecule has 1 aromatic carbocycles. The smallest absolute Gasteiger partial charge is 0.342 e. The first kappa shape index (κ1) is 13.9. The van der Waals surface area contributed by atoms with Gasteiger partial charge >= 0.3 is 5.97 Å². The van der Waals surface area contributed by atoms with Crippen LogP contribution in [0.2, 0.25) is 0 Å². The van der Waals surface area contributed by atoms with Crippen LogP contribution < -0.4 is 9.47 Å². The molecule has 0 saturated heterocycles. The molecule has 2 aromatic rings. The Morgan fingerprint density at radius 1 is 1.30 bits per heavy atom. The minimum absolute atomic E-state index is 0.0972. The lowest BCUT2D eigenvalue weighted by Gasteiger charge is -2.11. The zero-order valence-corrected chi connectivity index (χ0v) is 11.4. The quantitative estimate of drug-likeness (QED) is 0.770. The number of aryl methyl sites for hydroxylation is 1. The topological polar surface area (TPSA) is 83.7 Å². The van der Waals surface area contributed by atoms with Crippen molar-refractivity contribution in [1.82, 2.24) is 10.1 Å². The molecule has 1 aromatic heterocycles. The lowest BCUT2D eigenvalue weighted by atomic mass is 10.2. The maximum Gasteiger partial charge on any atom is 0.342 e. The van der Waals surface area contributed by atoms with Crippen LogP contribution >= 0.6 is 0 Å². The van der Waals surface area contributed by atoms with E-state index in [4.69, 9.17) is 18.7 Å². The molecule has 0 amide bonds. The maximum absolute atomic E-state index is 12.0. The van der Waals surface area contributed by atoms with Crippen LogP contribution in [-0.4, -0.2) is 30.3 Å². The molecule has 7 nitrogen and oxygen atoms in total. The Kier molecular flexibility index (Phi) is 4.19. The Bertz CT molecular complexity index is 609. The van der Waals surface area contributed by atoms with Gasteiger partial charge in [-0.05, 0) is 19.1 Å². The number of para-hydroxylation sites is 1. The molecule has 106 valence electrons. The molecule has 0 spiro atoms. The molecule has 0 N–H and O–H groups in total. The predicted octanol–water partition coefficient (Wildman–Crippen LogP) is 1.75.